The maximum atomic E-state index is 13.5. The van der Waals surface area contributed by atoms with Crippen molar-refractivity contribution in [3.63, 3.8) is 0 Å². The number of Topliss-reactive ketones (excluding diaryl/α,β-unsaturated/α-hetero) is 1. The zero-order chi connectivity index (χ0) is 15.4. The average molecular weight is 312 g/mol. The van der Waals surface area contributed by atoms with Crippen molar-refractivity contribution in [1.29, 1.82) is 0 Å². The normalized spacial score (nSPS) is 14.0. The molecule has 0 unspecified atom stereocenters. The Morgan fingerprint density at radius 2 is 1.76 bits per heavy atom. The van der Waals surface area contributed by atoms with Crippen LogP contribution in [0.15, 0.2) is 12.1 Å². The molecule has 0 saturated carbocycles. The standard InChI is InChI=1S/C16H19ClFNO2/c1-2-3-4-5-6-7-8-19-14-10-13(18)12(17)9-11(14)15(20)16(19)21/h9-10H,2-8H2,1H3. The van der Waals surface area contributed by atoms with E-state index in [0.29, 0.717) is 12.2 Å². The van der Waals surface area contributed by atoms with E-state index < -0.39 is 17.5 Å². The van der Waals surface area contributed by atoms with Crippen LogP contribution in [0, 0.1) is 5.82 Å². The maximum Gasteiger partial charge on any atom is 0.299 e. The predicted octanol–water partition coefficient (Wildman–Crippen LogP) is 4.37. The molecule has 5 heteroatoms. The van der Waals surface area contributed by atoms with E-state index in [1.165, 1.54) is 36.3 Å². The summed E-state index contributed by atoms with van der Waals surface area (Å²) in [5.74, 6) is -1.79. The Balaban J connectivity index is 2.00. The summed E-state index contributed by atoms with van der Waals surface area (Å²) < 4.78 is 13.5. The summed E-state index contributed by atoms with van der Waals surface area (Å²) in [4.78, 5) is 25.2. The van der Waals surface area contributed by atoms with E-state index in [2.05, 4.69) is 6.92 Å². The number of ketones is 1. The lowest BCUT2D eigenvalue weighted by Crippen LogP contribution is -2.30. The molecule has 0 aromatic heterocycles. The number of benzene rings is 1. The molecule has 0 N–H and O–H groups in total. The first-order valence-electron chi connectivity index (χ1n) is 7.41. The molecule has 1 aliphatic rings. The van der Waals surface area contributed by atoms with Crippen LogP contribution in [-0.4, -0.2) is 18.2 Å². The van der Waals surface area contributed by atoms with Crippen LogP contribution < -0.4 is 4.90 Å². The molecule has 1 aliphatic heterocycles. The number of unbranched alkanes of at least 4 members (excludes halogenated alkanes) is 5. The third-order valence-corrected chi connectivity index (χ3v) is 4.04. The van der Waals surface area contributed by atoms with E-state index in [0.717, 1.165) is 19.3 Å². The molecule has 0 fully saturated rings. The molecule has 0 aliphatic carbocycles. The monoisotopic (exact) mass is 311 g/mol. The number of carbonyl (C=O) groups is 2. The fourth-order valence-corrected chi connectivity index (χ4v) is 2.72. The summed E-state index contributed by atoms with van der Waals surface area (Å²) in [6.07, 6.45) is 6.52. The van der Waals surface area contributed by atoms with Crippen molar-refractivity contribution in [3.8, 4) is 0 Å². The first-order valence-corrected chi connectivity index (χ1v) is 7.79. The van der Waals surface area contributed by atoms with Gasteiger partial charge in [0.05, 0.1) is 16.3 Å². The molecule has 1 aromatic rings. The number of hydrogen-bond donors (Lipinski definition) is 0. The zero-order valence-corrected chi connectivity index (χ0v) is 12.9. The third-order valence-electron chi connectivity index (χ3n) is 3.75. The van der Waals surface area contributed by atoms with Crippen molar-refractivity contribution < 1.29 is 14.0 Å². The molecule has 0 radical (unpaired) electrons. The van der Waals surface area contributed by atoms with Gasteiger partial charge in [0.1, 0.15) is 5.82 Å². The molecule has 1 heterocycles. The first kappa shape index (κ1) is 16.0. The Kier molecular flexibility index (Phi) is 5.34. The summed E-state index contributed by atoms with van der Waals surface area (Å²) >= 11 is 5.67. The minimum Gasteiger partial charge on any atom is -0.305 e. The molecule has 2 rings (SSSR count). The number of rotatable bonds is 7. The number of nitrogens with zero attached hydrogens (tertiary/aromatic N) is 1. The van der Waals surface area contributed by atoms with Crippen molar-refractivity contribution in [1.82, 2.24) is 0 Å². The highest BCUT2D eigenvalue weighted by atomic mass is 35.5. The Bertz CT molecular complexity index is 559. The molecule has 0 bridgehead atoms. The number of amides is 1. The van der Waals surface area contributed by atoms with Crippen molar-refractivity contribution in [2.45, 2.75) is 45.4 Å². The van der Waals surface area contributed by atoms with E-state index in [9.17, 15) is 14.0 Å². The van der Waals surface area contributed by atoms with Crippen LogP contribution in [0.4, 0.5) is 10.1 Å². The summed E-state index contributed by atoms with van der Waals surface area (Å²) in [6.45, 7) is 2.61. The lowest BCUT2D eigenvalue weighted by molar-refractivity contribution is -0.114. The number of halogens is 2. The van der Waals surface area contributed by atoms with Crippen LogP contribution in [0.5, 0.6) is 0 Å². The van der Waals surface area contributed by atoms with Crippen molar-refractivity contribution in [2.75, 3.05) is 11.4 Å². The van der Waals surface area contributed by atoms with E-state index in [1.54, 1.807) is 0 Å². The van der Waals surface area contributed by atoms with Gasteiger partial charge in [0, 0.05) is 6.54 Å². The average Bonchev–Trinajstić information content (AvgIpc) is 2.68. The van der Waals surface area contributed by atoms with Gasteiger partial charge in [0.25, 0.3) is 11.7 Å². The van der Waals surface area contributed by atoms with Crippen LogP contribution in [0.1, 0.15) is 55.8 Å². The Hall–Kier alpha value is -1.42. The van der Waals surface area contributed by atoms with Crippen molar-refractivity contribution in [3.05, 3.63) is 28.5 Å². The Morgan fingerprint density at radius 1 is 1.10 bits per heavy atom. The number of hydrogen-bond acceptors (Lipinski definition) is 2. The number of carbonyl (C=O) groups excluding carboxylic acids is 2. The minimum atomic E-state index is -0.606. The topological polar surface area (TPSA) is 37.4 Å². The van der Waals surface area contributed by atoms with E-state index >= 15 is 0 Å². The van der Waals surface area contributed by atoms with Gasteiger partial charge in [-0.05, 0) is 18.6 Å². The fraction of sp³-hybridized carbons (Fsp3) is 0.500. The second kappa shape index (κ2) is 7.03. The molecule has 0 saturated heterocycles. The minimum absolute atomic E-state index is 0.128. The Labute approximate surface area is 129 Å². The number of anilines is 1. The van der Waals surface area contributed by atoms with Gasteiger partial charge in [-0.25, -0.2) is 4.39 Å². The molecule has 3 nitrogen and oxygen atoms in total. The largest absolute Gasteiger partial charge is 0.305 e. The lowest BCUT2D eigenvalue weighted by atomic mass is 10.1. The predicted molar refractivity (Wildman–Crippen MR) is 81.5 cm³/mol. The third kappa shape index (κ3) is 3.43. The maximum absolute atomic E-state index is 13.5. The molecular formula is C16H19ClFNO2. The quantitative estimate of drug-likeness (QED) is 0.554. The van der Waals surface area contributed by atoms with Gasteiger partial charge in [0.2, 0.25) is 0 Å². The van der Waals surface area contributed by atoms with Gasteiger partial charge in [-0.1, -0.05) is 50.6 Å². The molecule has 1 amide bonds. The molecular weight excluding hydrogens is 293 g/mol. The molecule has 114 valence electrons. The van der Waals surface area contributed by atoms with Gasteiger partial charge in [0.15, 0.2) is 0 Å². The summed E-state index contributed by atoms with van der Waals surface area (Å²) in [5.41, 5.74) is 0.554. The highest BCUT2D eigenvalue weighted by Gasteiger charge is 2.36. The summed E-state index contributed by atoms with van der Waals surface area (Å²) in [6, 6.07) is 2.42. The van der Waals surface area contributed by atoms with Crippen LogP contribution in [0.3, 0.4) is 0 Å². The van der Waals surface area contributed by atoms with Crippen LogP contribution in [-0.2, 0) is 4.79 Å². The zero-order valence-electron chi connectivity index (χ0n) is 12.1. The molecule has 21 heavy (non-hydrogen) atoms. The highest BCUT2D eigenvalue weighted by Crippen LogP contribution is 2.33. The molecule has 0 spiro atoms. The second-order valence-electron chi connectivity index (χ2n) is 5.34. The van der Waals surface area contributed by atoms with Gasteiger partial charge in [-0.15, -0.1) is 0 Å². The van der Waals surface area contributed by atoms with Crippen molar-refractivity contribution in [2.24, 2.45) is 0 Å². The van der Waals surface area contributed by atoms with Gasteiger partial charge in [-0.2, -0.15) is 0 Å². The van der Waals surface area contributed by atoms with Crippen LogP contribution in [0.25, 0.3) is 0 Å². The van der Waals surface area contributed by atoms with Gasteiger partial charge >= 0.3 is 0 Å². The lowest BCUT2D eigenvalue weighted by Gasteiger charge is -2.16. The van der Waals surface area contributed by atoms with E-state index in [-0.39, 0.29) is 10.6 Å². The molecule has 0 atom stereocenters. The second-order valence-corrected chi connectivity index (χ2v) is 5.74. The van der Waals surface area contributed by atoms with Crippen molar-refractivity contribution >= 4 is 29.0 Å². The molecule has 1 aromatic carbocycles. The van der Waals surface area contributed by atoms with E-state index in [1.807, 2.05) is 0 Å². The Morgan fingerprint density at radius 3 is 2.48 bits per heavy atom. The van der Waals surface area contributed by atoms with Gasteiger partial charge < -0.3 is 4.90 Å². The highest BCUT2D eigenvalue weighted by molar-refractivity contribution is 6.52. The summed E-state index contributed by atoms with van der Waals surface area (Å²) in [5, 5.41) is -0.128. The summed E-state index contributed by atoms with van der Waals surface area (Å²) in [7, 11) is 0. The SMILES string of the molecule is CCCCCCCCN1C(=O)C(=O)c2cc(Cl)c(F)cc21. The first-order chi connectivity index (χ1) is 10.1. The van der Waals surface area contributed by atoms with E-state index in [4.69, 9.17) is 11.6 Å². The smallest absolute Gasteiger partial charge is 0.299 e. The van der Waals surface area contributed by atoms with Gasteiger partial charge in [-0.3, -0.25) is 9.59 Å². The fourth-order valence-electron chi connectivity index (χ4n) is 2.56. The van der Waals surface area contributed by atoms with Crippen LogP contribution in [0.2, 0.25) is 5.02 Å². The number of fused-ring (bicyclic) bond motifs is 1. The van der Waals surface area contributed by atoms with Crippen LogP contribution >= 0.6 is 11.6 Å².